The smallest absolute Gasteiger partial charge is 0.268 e. The van der Waals surface area contributed by atoms with Crippen LogP contribution in [0.15, 0.2) is 17.1 Å². The summed E-state index contributed by atoms with van der Waals surface area (Å²) in [5.74, 6) is 0. The third kappa shape index (κ3) is 4.03. The Morgan fingerprint density at radius 1 is 1.45 bits per heavy atom. The maximum atomic E-state index is 12.1. The van der Waals surface area contributed by atoms with Gasteiger partial charge in [0.1, 0.15) is 0 Å². The highest BCUT2D eigenvalue weighted by atomic mass is 32.1. The first-order valence-corrected chi connectivity index (χ1v) is 7.34. The van der Waals surface area contributed by atoms with Crippen LogP contribution in [-0.2, 0) is 6.54 Å². The molecule has 0 aromatic carbocycles. The minimum Gasteiger partial charge on any atom is -0.393 e. The average molecular weight is 296 g/mol. The van der Waals surface area contributed by atoms with Gasteiger partial charge in [-0.2, -0.15) is 5.10 Å². The molecule has 20 heavy (non-hydrogen) atoms. The molecule has 0 aliphatic carbocycles. The number of thiocarbonyl (C=S) groups is 1. The van der Waals surface area contributed by atoms with Crippen molar-refractivity contribution in [3.63, 3.8) is 0 Å². The molecule has 1 heterocycles. The lowest BCUT2D eigenvalue weighted by atomic mass is 9.89. The predicted molar refractivity (Wildman–Crippen MR) is 87.2 cm³/mol. The maximum absolute atomic E-state index is 12.1. The van der Waals surface area contributed by atoms with Gasteiger partial charge in [-0.25, -0.2) is 4.68 Å². The van der Waals surface area contributed by atoms with E-state index in [-0.39, 0.29) is 11.0 Å². The standard InChI is InChI=1S/C14H24N4OS/c1-5-17(6-2)11-9-12(19)18(16-10-11)8-7-14(3,4)13(15)20/h9-10H,5-8H2,1-4H3,(H2,15,20). The highest BCUT2D eigenvalue weighted by molar-refractivity contribution is 7.80. The number of anilines is 1. The van der Waals surface area contributed by atoms with E-state index in [4.69, 9.17) is 18.0 Å². The third-order valence-corrected chi connectivity index (χ3v) is 4.15. The second-order valence-electron chi connectivity index (χ2n) is 5.45. The molecular weight excluding hydrogens is 272 g/mol. The second kappa shape index (κ2) is 6.83. The molecule has 0 spiro atoms. The van der Waals surface area contributed by atoms with Crippen LogP contribution in [0, 0.1) is 5.41 Å². The molecule has 1 rings (SSSR count). The fourth-order valence-corrected chi connectivity index (χ4v) is 1.96. The number of rotatable bonds is 7. The molecule has 0 radical (unpaired) electrons. The molecule has 0 saturated heterocycles. The van der Waals surface area contributed by atoms with Crippen molar-refractivity contribution in [2.24, 2.45) is 11.1 Å². The van der Waals surface area contributed by atoms with Gasteiger partial charge in [0.15, 0.2) is 0 Å². The number of hydrogen-bond acceptors (Lipinski definition) is 4. The summed E-state index contributed by atoms with van der Waals surface area (Å²) in [7, 11) is 0. The number of nitrogens with two attached hydrogens (primary N) is 1. The summed E-state index contributed by atoms with van der Waals surface area (Å²) in [5.41, 5.74) is 6.20. The summed E-state index contributed by atoms with van der Waals surface area (Å²) < 4.78 is 1.47. The lowest BCUT2D eigenvalue weighted by Gasteiger charge is -2.23. The third-order valence-electron chi connectivity index (χ3n) is 3.60. The molecule has 112 valence electrons. The molecule has 0 amide bonds. The van der Waals surface area contributed by atoms with Crippen LogP contribution in [0.4, 0.5) is 5.69 Å². The summed E-state index contributed by atoms with van der Waals surface area (Å²) in [4.78, 5) is 14.6. The van der Waals surface area contributed by atoms with E-state index < -0.39 is 0 Å². The Bertz CT molecular complexity index is 520. The zero-order valence-corrected chi connectivity index (χ0v) is 13.5. The van der Waals surface area contributed by atoms with Crippen LogP contribution in [0.25, 0.3) is 0 Å². The minimum absolute atomic E-state index is 0.0897. The summed E-state index contributed by atoms with van der Waals surface area (Å²) in [6, 6.07) is 1.63. The number of aromatic nitrogens is 2. The predicted octanol–water partition coefficient (Wildman–Crippen LogP) is 1.79. The lowest BCUT2D eigenvalue weighted by Crippen LogP contribution is -2.33. The Hall–Kier alpha value is -1.43. The van der Waals surface area contributed by atoms with E-state index in [0.29, 0.717) is 18.0 Å². The first-order chi connectivity index (χ1) is 9.31. The number of nitrogens with zero attached hydrogens (tertiary/aromatic N) is 3. The minimum atomic E-state index is -0.270. The van der Waals surface area contributed by atoms with Crippen LogP contribution in [-0.4, -0.2) is 27.9 Å². The van der Waals surface area contributed by atoms with Crippen LogP contribution in [0.3, 0.4) is 0 Å². The van der Waals surface area contributed by atoms with Crippen molar-refractivity contribution < 1.29 is 0 Å². The average Bonchev–Trinajstić information content (AvgIpc) is 2.39. The van der Waals surface area contributed by atoms with Gasteiger partial charge >= 0.3 is 0 Å². The molecule has 0 fully saturated rings. The van der Waals surface area contributed by atoms with Gasteiger partial charge < -0.3 is 10.6 Å². The van der Waals surface area contributed by atoms with Gasteiger partial charge in [0, 0.05) is 31.1 Å². The SMILES string of the molecule is CCN(CC)c1cnn(CCC(C)(C)C(N)=S)c(=O)c1. The lowest BCUT2D eigenvalue weighted by molar-refractivity contribution is 0.409. The zero-order chi connectivity index (χ0) is 15.3. The molecule has 0 unspecified atom stereocenters. The zero-order valence-electron chi connectivity index (χ0n) is 12.7. The van der Waals surface area contributed by atoms with Crippen LogP contribution in [0.1, 0.15) is 34.1 Å². The van der Waals surface area contributed by atoms with Crippen LogP contribution < -0.4 is 16.2 Å². The second-order valence-corrected chi connectivity index (χ2v) is 5.89. The van der Waals surface area contributed by atoms with Crippen molar-refractivity contribution in [3.8, 4) is 0 Å². The van der Waals surface area contributed by atoms with Gasteiger partial charge in [0.2, 0.25) is 0 Å². The molecular formula is C14H24N4OS. The van der Waals surface area contributed by atoms with E-state index in [1.165, 1.54) is 4.68 Å². The van der Waals surface area contributed by atoms with Crippen molar-refractivity contribution in [2.75, 3.05) is 18.0 Å². The molecule has 0 aliphatic heterocycles. The Balaban J connectivity index is 2.84. The van der Waals surface area contributed by atoms with Crippen LogP contribution in [0.5, 0.6) is 0 Å². The molecule has 5 nitrogen and oxygen atoms in total. The summed E-state index contributed by atoms with van der Waals surface area (Å²) in [6.07, 6.45) is 2.43. The quantitative estimate of drug-likeness (QED) is 0.777. The number of aryl methyl sites for hydroxylation is 1. The molecule has 0 aliphatic rings. The summed E-state index contributed by atoms with van der Waals surface area (Å²) in [6.45, 7) is 10.3. The van der Waals surface area contributed by atoms with Crippen molar-refractivity contribution in [1.29, 1.82) is 0 Å². The molecule has 6 heteroatoms. The molecule has 0 saturated carbocycles. The van der Waals surface area contributed by atoms with E-state index in [1.54, 1.807) is 12.3 Å². The Labute approximate surface area is 125 Å². The van der Waals surface area contributed by atoms with E-state index in [9.17, 15) is 4.79 Å². The van der Waals surface area contributed by atoms with Crippen molar-refractivity contribution in [1.82, 2.24) is 9.78 Å². The monoisotopic (exact) mass is 296 g/mol. The van der Waals surface area contributed by atoms with Crippen LogP contribution >= 0.6 is 12.2 Å². The Morgan fingerprint density at radius 3 is 2.50 bits per heavy atom. The summed E-state index contributed by atoms with van der Waals surface area (Å²) in [5, 5.41) is 4.24. The highest BCUT2D eigenvalue weighted by Gasteiger charge is 2.21. The van der Waals surface area contributed by atoms with Gasteiger partial charge in [0.05, 0.1) is 16.9 Å². The van der Waals surface area contributed by atoms with Crippen molar-refractivity contribution >= 4 is 22.9 Å². The molecule has 2 N–H and O–H groups in total. The first-order valence-electron chi connectivity index (χ1n) is 6.93. The molecule has 0 bridgehead atoms. The largest absolute Gasteiger partial charge is 0.393 e. The molecule has 0 atom stereocenters. The topological polar surface area (TPSA) is 64.2 Å². The normalized spacial score (nSPS) is 11.4. The van der Waals surface area contributed by atoms with E-state index in [0.717, 1.165) is 18.8 Å². The maximum Gasteiger partial charge on any atom is 0.268 e. The fourth-order valence-electron chi connectivity index (χ4n) is 1.86. The van der Waals surface area contributed by atoms with Gasteiger partial charge in [0.25, 0.3) is 5.56 Å². The van der Waals surface area contributed by atoms with E-state index in [1.807, 2.05) is 13.8 Å². The fraction of sp³-hybridized carbons (Fsp3) is 0.643. The Morgan fingerprint density at radius 2 is 2.05 bits per heavy atom. The van der Waals surface area contributed by atoms with Gasteiger partial charge in [-0.1, -0.05) is 26.1 Å². The van der Waals surface area contributed by atoms with Gasteiger partial charge in [-0.3, -0.25) is 4.79 Å². The molecule has 1 aromatic heterocycles. The van der Waals surface area contributed by atoms with Crippen molar-refractivity contribution in [2.45, 2.75) is 40.7 Å². The van der Waals surface area contributed by atoms with E-state index in [2.05, 4.69) is 23.8 Å². The molecule has 1 aromatic rings. The highest BCUT2D eigenvalue weighted by Crippen LogP contribution is 2.21. The number of hydrogen-bond donors (Lipinski definition) is 1. The van der Waals surface area contributed by atoms with E-state index >= 15 is 0 Å². The first kappa shape index (κ1) is 16.6. The van der Waals surface area contributed by atoms with Gasteiger partial charge in [-0.15, -0.1) is 0 Å². The Kier molecular flexibility index (Phi) is 5.68. The summed E-state index contributed by atoms with van der Waals surface area (Å²) >= 11 is 5.03. The van der Waals surface area contributed by atoms with Crippen molar-refractivity contribution in [3.05, 3.63) is 22.6 Å². The van der Waals surface area contributed by atoms with Crippen LogP contribution in [0.2, 0.25) is 0 Å². The van der Waals surface area contributed by atoms with Gasteiger partial charge in [-0.05, 0) is 20.3 Å².